The summed E-state index contributed by atoms with van der Waals surface area (Å²) in [5.41, 5.74) is 13.6. The van der Waals surface area contributed by atoms with Crippen molar-refractivity contribution in [1.82, 2.24) is 9.88 Å². The van der Waals surface area contributed by atoms with Gasteiger partial charge in [-0.25, -0.2) is 4.99 Å². The molecule has 0 spiro atoms. The summed E-state index contributed by atoms with van der Waals surface area (Å²) in [6.45, 7) is 2.45. The quantitative estimate of drug-likeness (QED) is 0.196. The monoisotopic (exact) mass is 730 g/mol. The molecule has 0 saturated heterocycles. The van der Waals surface area contributed by atoms with E-state index in [1.165, 1.54) is 60.3 Å². The fraction of sp³-hybridized carbons (Fsp3) is 0.0755. The number of aliphatic imine (C=N–C) groups is 1. The Bertz CT molecular complexity index is 3210. The van der Waals surface area contributed by atoms with Crippen LogP contribution in [0.3, 0.4) is 0 Å². The van der Waals surface area contributed by atoms with Crippen molar-refractivity contribution < 1.29 is 0 Å². The maximum atomic E-state index is 5.30. The third kappa shape index (κ3) is 4.65. The second kappa shape index (κ2) is 12.2. The summed E-state index contributed by atoms with van der Waals surface area (Å²) in [5, 5.41) is 11.5. The number of hydrogen-bond acceptors (Lipinski definition) is 3. The number of hydrogen-bond donors (Lipinski definition) is 1. The molecule has 4 aliphatic rings. The van der Waals surface area contributed by atoms with E-state index in [2.05, 4.69) is 210 Å². The minimum Gasteiger partial charge on any atom is -0.371 e. The van der Waals surface area contributed by atoms with Gasteiger partial charge in [-0.3, -0.25) is 0 Å². The molecular formula is C53H38N4. The summed E-state index contributed by atoms with van der Waals surface area (Å²) in [6.07, 6.45) is 16.3. The maximum absolute atomic E-state index is 5.30. The number of fused-ring (bicyclic) bond motifs is 12. The highest BCUT2D eigenvalue weighted by Gasteiger charge is 2.47. The minimum absolute atomic E-state index is 0.00626. The van der Waals surface area contributed by atoms with Crippen molar-refractivity contribution in [3.05, 3.63) is 211 Å². The number of rotatable bonds is 4. The first-order valence-corrected chi connectivity index (χ1v) is 19.9. The van der Waals surface area contributed by atoms with Crippen LogP contribution < -0.4 is 10.2 Å². The molecule has 57 heavy (non-hydrogen) atoms. The van der Waals surface area contributed by atoms with E-state index in [4.69, 9.17) is 4.99 Å². The van der Waals surface area contributed by atoms with Gasteiger partial charge in [0.25, 0.3) is 0 Å². The average molecular weight is 731 g/mol. The summed E-state index contributed by atoms with van der Waals surface area (Å²) in [4.78, 5) is 7.88. The van der Waals surface area contributed by atoms with Crippen LogP contribution in [-0.2, 0) is 5.41 Å². The number of para-hydroxylation sites is 1. The Morgan fingerprint density at radius 1 is 0.667 bits per heavy atom. The van der Waals surface area contributed by atoms with Crippen LogP contribution in [0.2, 0.25) is 0 Å². The molecule has 0 radical (unpaired) electrons. The molecule has 1 aromatic heterocycles. The van der Waals surface area contributed by atoms with E-state index in [0.717, 1.165) is 46.0 Å². The molecule has 0 fully saturated rings. The van der Waals surface area contributed by atoms with Crippen LogP contribution in [0.5, 0.6) is 0 Å². The smallest absolute Gasteiger partial charge is 0.0944 e. The van der Waals surface area contributed by atoms with Gasteiger partial charge < -0.3 is 14.8 Å². The zero-order chi connectivity index (χ0) is 37.7. The van der Waals surface area contributed by atoms with E-state index in [0.29, 0.717) is 0 Å². The third-order valence-corrected chi connectivity index (χ3v) is 12.5. The zero-order valence-electron chi connectivity index (χ0n) is 31.5. The van der Waals surface area contributed by atoms with Gasteiger partial charge in [0.2, 0.25) is 0 Å². The van der Waals surface area contributed by atoms with Crippen molar-refractivity contribution in [2.75, 3.05) is 4.90 Å². The molecule has 2 atom stereocenters. The lowest BCUT2D eigenvalue weighted by molar-refractivity contribution is 0.581. The van der Waals surface area contributed by atoms with Crippen LogP contribution in [0.25, 0.3) is 60.4 Å². The van der Waals surface area contributed by atoms with Gasteiger partial charge in [-0.2, -0.15) is 0 Å². The number of nitrogens with zero attached hydrogens (tertiary/aromatic N) is 3. The van der Waals surface area contributed by atoms with E-state index in [1.807, 2.05) is 0 Å². The van der Waals surface area contributed by atoms with Gasteiger partial charge in [-0.1, -0.05) is 146 Å². The van der Waals surface area contributed by atoms with Gasteiger partial charge in [0.05, 0.1) is 39.9 Å². The lowest BCUT2D eigenvalue weighted by atomic mass is 9.74. The largest absolute Gasteiger partial charge is 0.371 e. The highest BCUT2D eigenvalue weighted by atomic mass is 15.2. The highest BCUT2D eigenvalue weighted by molar-refractivity contribution is 6.27. The first-order chi connectivity index (χ1) is 28.2. The van der Waals surface area contributed by atoms with Gasteiger partial charge in [-0.15, -0.1) is 0 Å². The number of nitrogens with one attached hydrogen (secondary N) is 1. The molecule has 1 N–H and O–H groups in total. The lowest BCUT2D eigenvalue weighted by Crippen LogP contribution is -2.37. The first kappa shape index (κ1) is 32.1. The molecule has 7 aromatic carbocycles. The maximum Gasteiger partial charge on any atom is 0.0944 e. The first-order valence-electron chi connectivity index (χ1n) is 19.9. The second-order valence-electron chi connectivity index (χ2n) is 15.8. The predicted molar refractivity (Wildman–Crippen MR) is 239 cm³/mol. The summed E-state index contributed by atoms with van der Waals surface area (Å²) in [6, 6.07) is 53.3. The molecule has 270 valence electrons. The second-order valence-corrected chi connectivity index (χ2v) is 15.8. The van der Waals surface area contributed by atoms with Gasteiger partial charge in [-0.05, 0) is 82.9 Å². The van der Waals surface area contributed by atoms with E-state index in [1.54, 1.807) is 0 Å². The molecule has 0 bridgehead atoms. The van der Waals surface area contributed by atoms with Gasteiger partial charge in [0.15, 0.2) is 0 Å². The minimum atomic E-state index is -0.255. The Labute approximate surface area is 331 Å². The van der Waals surface area contributed by atoms with E-state index < -0.39 is 0 Å². The van der Waals surface area contributed by atoms with Crippen molar-refractivity contribution in [2.45, 2.75) is 24.8 Å². The molecule has 4 nitrogen and oxygen atoms in total. The molecule has 2 unspecified atom stereocenters. The lowest BCUT2D eigenvalue weighted by Gasteiger charge is -2.32. The van der Waals surface area contributed by atoms with E-state index in [9.17, 15) is 0 Å². The molecular weight excluding hydrogens is 693 g/mol. The summed E-state index contributed by atoms with van der Waals surface area (Å²) in [5.74, 6) is 0. The molecule has 0 saturated carbocycles. The van der Waals surface area contributed by atoms with Gasteiger partial charge in [0, 0.05) is 44.4 Å². The average Bonchev–Trinajstić information content (AvgIpc) is 3.76. The zero-order valence-corrected chi connectivity index (χ0v) is 31.5. The van der Waals surface area contributed by atoms with E-state index >= 15 is 0 Å². The normalized spacial score (nSPS) is 19.5. The summed E-state index contributed by atoms with van der Waals surface area (Å²) < 4.78 is 2.53. The van der Waals surface area contributed by atoms with Crippen LogP contribution in [0, 0.1) is 0 Å². The molecule has 2 aliphatic carbocycles. The van der Waals surface area contributed by atoms with Gasteiger partial charge in [0.1, 0.15) is 0 Å². The predicted octanol–water partition coefficient (Wildman–Crippen LogP) is 12.7. The highest BCUT2D eigenvalue weighted by Crippen LogP contribution is 2.60. The number of aromatic nitrogens is 1. The SMILES string of the molecule is CC12CC=CC=C1N(c1cccc(C3=C(c4ccccc4)N=C4C=CC=CC4N3)c1)c1c2c2ccccc2c2c3ccccc3n(-c3ccc4ccccc4c3)c12. The Morgan fingerprint density at radius 3 is 2.33 bits per heavy atom. The van der Waals surface area contributed by atoms with Crippen molar-refractivity contribution in [2.24, 2.45) is 4.99 Å². The molecule has 2 aliphatic heterocycles. The van der Waals surface area contributed by atoms with Crippen LogP contribution in [0.4, 0.5) is 11.4 Å². The Kier molecular flexibility index (Phi) is 6.85. The molecule has 8 aromatic rings. The van der Waals surface area contributed by atoms with Crippen molar-refractivity contribution in [3.63, 3.8) is 0 Å². The van der Waals surface area contributed by atoms with Crippen LogP contribution in [0.1, 0.15) is 30.0 Å². The fourth-order valence-electron chi connectivity index (χ4n) is 9.95. The number of allylic oxidation sites excluding steroid dienone is 6. The number of benzene rings is 7. The van der Waals surface area contributed by atoms with Gasteiger partial charge >= 0.3 is 0 Å². The van der Waals surface area contributed by atoms with E-state index in [-0.39, 0.29) is 11.5 Å². The number of anilines is 2. The van der Waals surface area contributed by atoms with Crippen LogP contribution in [-0.4, -0.2) is 16.3 Å². The van der Waals surface area contributed by atoms with Crippen LogP contribution >= 0.6 is 0 Å². The summed E-state index contributed by atoms with van der Waals surface area (Å²) in [7, 11) is 0. The van der Waals surface area contributed by atoms with Crippen molar-refractivity contribution >= 4 is 71.8 Å². The molecule has 12 rings (SSSR count). The van der Waals surface area contributed by atoms with Crippen molar-refractivity contribution in [3.8, 4) is 5.69 Å². The Balaban J connectivity index is 1.18. The molecule has 3 heterocycles. The fourth-order valence-corrected chi connectivity index (χ4v) is 9.95. The summed E-state index contributed by atoms with van der Waals surface area (Å²) >= 11 is 0. The van der Waals surface area contributed by atoms with Crippen molar-refractivity contribution in [1.29, 1.82) is 0 Å². The topological polar surface area (TPSA) is 32.6 Å². The molecule has 0 amide bonds. The van der Waals surface area contributed by atoms with Crippen LogP contribution in [0.15, 0.2) is 199 Å². The third-order valence-electron chi connectivity index (χ3n) is 12.5. The standard InChI is InChI=1S/C53H38N4/c1-53-31-14-13-28-46(53)57(38-21-15-20-37(33-38)50-49(35-17-3-2-4-18-35)54-43-25-10-11-26-44(43)55-50)52-48(53)41-23-8-7-22-40(41)47-42-24-9-12-27-45(42)56(51(47)52)39-30-29-34-16-5-6-19-36(34)32-39/h2-30,32-33,44,55H,31H2,1H3. The Morgan fingerprint density at radius 2 is 1.44 bits per heavy atom. The Hall–Kier alpha value is -7.17. The molecule has 4 heteroatoms.